The highest BCUT2D eigenvalue weighted by molar-refractivity contribution is 14.1. The van der Waals surface area contributed by atoms with Gasteiger partial charge < -0.3 is 4.74 Å². The maximum Gasteiger partial charge on any atom is 0.150 e. The van der Waals surface area contributed by atoms with Crippen molar-refractivity contribution in [1.82, 2.24) is 0 Å². The van der Waals surface area contributed by atoms with Crippen molar-refractivity contribution in [1.29, 1.82) is 0 Å². The Morgan fingerprint density at radius 1 is 0.952 bits per heavy atom. The summed E-state index contributed by atoms with van der Waals surface area (Å²) in [7, 11) is 0. The molecule has 0 heterocycles. The first-order valence-electron chi connectivity index (χ1n) is 6.61. The summed E-state index contributed by atoms with van der Waals surface area (Å²) in [6.45, 7) is 0.515. The van der Waals surface area contributed by atoms with Gasteiger partial charge in [0.2, 0.25) is 0 Å². The van der Waals surface area contributed by atoms with E-state index in [0.717, 1.165) is 21.2 Å². The van der Waals surface area contributed by atoms with Crippen molar-refractivity contribution in [3.05, 3.63) is 75.4 Å². The van der Waals surface area contributed by atoms with Crippen molar-refractivity contribution in [2.45, 2.75) is 6.61 Å². The summed E-state index contributed by atoms with van der Waals surface area (Å²) in [4.78, 5) is 10.7. The second-order valence-corrected chi connectivity index (χ2v) is 5.94. The molecule has 0 fully saturated rings. The van der Waals surface area contributed by atoms with Gasteiger partial charge in [-0.25, -0.2) is 0 Å². The van der Waals surface area contributed by atoms with Gasteiger partial charge in [-0.1, -0.05) is 36.4 Å². The lowest BCUT2D eigenvalue weighted by Crippen LogP contribution is -1.97. The zero-order valence-electron chi connectivity index (χ0n) is 11.3. The van der Waals surface area contributed by atoms with Crippen molar-refractivity contribution in [2.75, 3.05) is 0 Å². The first-order chi connectivity index (χ1) is 10.3. The molecule has 0 amide bonds. The van der Waals surface area contributed by atoms with Crippen LogP contribution in [-0.2, 0) is 6.61 Å². The van der Waals surface area contributed by atoms with Gasteiger partial charge in [-0.15, -0.1) is 0 Å². The van der Waals surface area contributed by atoms with Gasteiger partial charge in [0.15, 0.2) is 0 Å². The molecule has 0 atom stereocenters. The number of rotatable bonds is 4. The van der Waals surface area contributed by atoms with Crippen molar-refractivity contribution in [2.24, 2.45) is 0 Å². The number of halogens is 1. The summed E-state index contributed by atoms with van der Waals surface area (Å²) in [5.74, 6) is 0.800. The van der Waals surface area contributed by atoms with Gasteiger partial charge in [0.05, 0.1) is 3.57 Å². The van der Waals surface area contributed by atoms with E-state index in [2.05, 4.69) is 52.9 Å². The highest BCUT2D eigenvalue weighted by Crippen LogP contribution is 2.23. The number of fused-ring (bicyclic) bond motifs is 1. The summed E-state index contributed by atoms with van der Waals surface area (Å²) in [5, 5.41) is 2.44. The molecule has 0 saturated heterocycles. The lowest BCUT2D eigenvalue weighted by atomic mass is 10.1. The lowest BCUT2D eigenvalue weighted by molar-refractivity contribution is 0.112. The van der Waals surface area contributed by atoms with E-state index >= 15 is 0 Å². The van der Waals surface area contributed by atoms with Crippen LogP contribution in [0.25, 0.3) is 10.8 Å². The highest BCUT2D eigenvalue weighted by atomic mass is 127. The van der Waals surface area contributed by atoms with Crippen molar-refractivity contribution in [3.63, 3.8) is 0 Å². The van der Waals surface area contributed by atoms with Gasteiger partial charge in [0.1, 0.15) is 18.6 Å². The molecule has 3 aromatic rings. The average Bonchev–Trinajstić information content (AvgIpc) is 2.53. The van der Waals surface area contributed by atoms with Crippen molar-refractivity contribution in [3.8, 4) is 5.75 Å². The number of hydrogen-bond donors (Lipinski definition) is 0. The quantitative estimate of drug-likeness (QED) is 0.473. The average molecular weight is 388 g/mol. The maximum atomic E-state index is 10.7. The molecule has 0 N–H and O–H groups in total. The van der Waals surface area contributed by atoms with E-state index in [1.54, 1.807) is 6.07 Å². The molecule has 2 nitrogen and oxygen atoms in total. The number of ether oxygens (including phenoxy) is 1. The number of carbonyl (C=O) groups is 1. The topological polar surface area (TPSA) is 26.3 Å². The van der Waals surface area contributed by atoms with Crippen LogP contribution in [0.1, 0.15) is 15.9 Å². The number of carbonyl (C=O) groups excluding carboxylic acids is 1. The molecule has 0 spiro atoms. The third-order valence-corrected chi connectivity index (χ3v) is 4.14. The van der Waals surface area contributed by atoms with Crippen LogP contribution in [0.3, 0.4) is 0 Å². The summed E-state index contributed by atoms with van der Waals surface area (Å²) in [6.07, 6.45) is 0.843. The molecule has 0 aliphatic carbocycles. The van der Waals surface area contributed by atoms with Crippen LogP contribution in [-0.4, -0.2) is 6.29 Å². The number of benzene rings is 3. The van der Waals surface area contributed by atoms with E-state index in [9.17, 15) is 4.79 Å². The monoisotopic (exact) mass is 388 g/mol. The van der Waals surface area contributed by atoms with Gasteiger partial charge in [0, 0.05) is 5.56 Å². The maximum absolute atomic E-state index is 10.7. The van der Waals surface area contributed by atoms with Crippen LogP contribution >= 0.6 is 22.6 Å². The summed E-state index contributed by atoms with van der Waals surface area (Å²) in [5.41, 5.74) is 1.79. The van der Waals surface area contributed by atoms with E-state index in [1.807, 2.05) is 24.3 Å². The van der Waals surface area contributed by atoms with Crippen LogP contribution in [0, 0.1) is 3.57 Å². The second-order valence-electron chi connectivity index (χ2n) is 4.78. The van der Waals surface area contributed by atoms with E-state index in [1.165, 1.54) is 10.8 Å². The minimum Gasteiger partial charge on any atom is -0.488 e. The molecular formula is C18H13IO2. The Kier molecular flexibility index (Phi) is 4.20. The minimum absolute atomic E-state index is 0.515. The van der Waals surface area contributed by atoms with Crippen LogP contribution < -0.4 is 4.74 Å². The van der Waals surface area contributed by atoms with Gasteiger partial charge in [0.25, 0.3) is 0 Å². The Bertz CT molecular complexity index is 796. The lowest BCUT2D eigenvalue weighted by Gasteiger charge is -2.09. The van der Waals surface area contributed by atoms with Gasteiger partial charge in [-0.3, -0.25) is 4.79 Å². The molecule has 0 aliphatic rings. The normalized spacial score (nSPS) is 10.5. The molecule has 3 heteroatoms. The summed E-state index contributed by atoms with van der Waals surface area (Å²) < 4.78 is 6.79. The fourth-order valence-corrected chi connectivity index (χ4v) is 2.89. The molecular weight excluding hydrogens is 375 g/mol. The summed E-state index contributed by atoms with van der Waals surface area (Å²) >= 11 is 2.18. The van der Waals surface area contributed by atoms with Crippen molar-refractivity contribution < 1.29 is 9.53 Å². The molecule has 0 radical (unpaired) electrons. The number of aldehydes is 1. The van der Waals surface area contributed by atoms with Crippen molar-refractivity contribution >= 4 is 39.6 Å². The molecule has 0 bridgehead atoms. The molecule has 0 aromatic heterocycles. The second kappa shape index (κ2) is 6.26. The van der Waals surface area contributed by atoms with Gasteiger partial charge >= 0.3 is 0 Å². The molecule has 0 unspecified atom stereocenters. The Morgan fingerprint density at radius 3 is 2.52 bits per heavy atom. The first-order valence-corrected chi connectivity index (χ1v) is 7.69. The highest BCUT2D eigenvalue weighted by Gasteiger charge is 2.03. The SMILES string of the molecule is O=Cc1ccc(OCc2ccc3ccccc3c2)c(I)c1. The van der Waals surface area contributed by atoms with E-state index in [0.29, 0.717) is 12.2 Å². The Morgan fingerprint density at radius 2 is 1.76 bits per heavy atom. The zero-order chi connectivity index (χ0) is 14.7. The standard InChI is InChI=1S/C18H13IO2/c19-17-10-13(11-20)6-8-18(17)21-12-14-5-7-15-3-1-2-4-16(15)9-14/h1-11H,12H2. The first kappa shape index (κ1) is 14.1. The third kappa shape index (κ3) is 3.24. The Hall–Kier alpha value is -1.88. The fraction of sp³-hybridized carbons (Fsp3) is 0.0556. The molecule has 104 valence electrons. The molecule has 3 aromatic carbocycles. The molecule has 0 aliphatic heterocycles. The Balaban J connectivity index is 1.78. The fourth-order valence-electron chi connectivity index (χ4n) is 2.20. The largest absolute Gasteiger partial charge is 0.488 e. The zero-order valence-corrected chi connectivity index (χ0v) is 13.4. The van der Waals surface area contributed by atoms with E-state index < -0.39 is 0 Å². The van der Waals surface area contributed by atoms with E-state index in [4.69, 9.17) is 4.74 Å². The van der Waals surface area contributed by atoms with Crippen LogP contribution in [0.5, 0.6) is 5.75 Å². The van der Waals surface area contributed by atoms with Crippen LogP contribution in [0.4, 0.5) is 0 Å². The smallest absolute Gasteiger partial charge is 0.150 e. The predicted octanol–water partition coefficient (Wildman–Crippen LogP) is 4.84. The molecule has 3 rings (SSSR count). The predicted molar refractivity (Wildman–Crippen MR) is 92.8 cm³/mol. The van der Waals surface area contributed by atoms with Gasteiger partial charge in [-0.2, -0.15) is 0 Å². The third-order valence-electron chi connectivity index (χ3n) is 3.30. The Labute approximate surface area is 136 Å². The van der Waals surface area contributed by atoms with Crippen LogP contribution in [0.15, 0.2) is 60.7 Å². The minimum atomic E-state index is 0.515. The molecule has 21 heavy (non-hydrogen) atoms. The molecule has 0 saturated carbocycles. The van der Waals surface area contributed by atoms with Crippen LogP contribution in [0.2, 0.25) is 0 Å². The number of hydrogen-bond acceptors (Lipinski definition) is 2. The van der Waals surface area contributed by atoms with E-state index in [-0.39, 0.29) is 0 Å². The van der Waals surface area contributed by atoms with Gasteiger partial charge in [-0.05, 0) is 63.2 Å². The summed E-state index contributed by atoms with van der Waals surface area (Å²) in [6, 6.07) is 20.0.